The summed E-state index contributed by atoms with van der Waals surface area (Å²) < 4.78 is 1.43. The van der Waals surface area contributed by atoms with Gasteiger partial charge in [0.15, 0.2) is 0 Å². The molecule has 90 valence electrons. The Morgan fingerprint density at radius 1 is 1.35 bits per heavy atom. The van der Waals surface area contributed by atoms with E-state index in [9.17, 15) is 4.79 Å². The fraction of sp³-hybridized carbons (Fsp3) is 0.273. The number of aliphatic hydroxyl groups excluding tert-OH is 1. The SMILES string of the molecule is O=c1[nH]nc(Cc2ccc(Cl)cc2)n1CCO. The van der Waals surface area contributed by atoms with E-state index in [1.165, 1.54) is 4.57 Å². The molecular formula is C11H12ClN3O2. The molecule has 17 heavy (non-hydrogen) atoms. The number of hydrogen-bond donors (Lipinski definition) is 2. The van der Waals surface area contributed by atoms with Crippen molar-refractivity contribution in [2.24, 2.45) is 0 Å². The maximum atomic E-state index is 11.4. The number of aromatic amines is 1. The van der Waals surface area contributed by atoms with Crippen molar-refractivity contribution in [1.29, 1.82) is 0 Å². The van der Waals surface area contributed by atoms with Gasteiger partial charge in [-0.25, -0.2) is 9.89 Å². The van der Waals surface area contributed by atoms with Gasteiger partial charge in [-0.1, -0.05) is 23.7 Å². The first kappa shape index (κ1) is 11.9. The lowest BCUT2D eigenvalue weighted by Gasteiger charge is -2.03. The number of nitrogens with zero attached hydrogens (tertiary/aromatic N) is 2. The first-order valence-electron chi connectivity index (χ1n) is 5.20. The van der Waals surface area contributed by atoms with Gasteiger partial charge in [0.05, 0.1) is 13.2 Å². The number of aliphatic hydroxyl groups is 1. The van der Waals surface area contributed by atoms with Crippen molar-refractivity contribution in [3.05, 3.63) is 51.2 Å². The molecule has 0 unspecified atom stereocenters. The first-order valence-corrected chi connectivity index (χ1v) is 5.58. The normalized spacial score (nSPS) is 10.7. The Morgan fingerprint density at radius 3 is 2.71 bits per heavy atom. The molecule has 0 saturated heterocycles. The molecule has 6 heteroatoms. The summed E-state index contributed by atoms with van der Waals surface area (Å²) in [6.45, 7) is 0.158. The number of nitrogens with one attached hydrogen (secondary N) is 1. The van der Waals surface area contributed by atoms with E-state index in [1.54, 1.807) is 12.1 Å². The number of benzene rings is 1. The quantitative estimate of drug-likeness (QED) is 0.847. The summed E-state index contributed by atoms with van der Waals surface area (Å²) in [5, 5.41) is 15.8. The molecule has 5 nitrogen and oxygen atoms in total. The Labute approximate surface area is 103 Å². The molecule has 0 saturated carbocycles. The number of H-pyrrole nitrogens is 1. The van der Waals surface area contributed by atoms with Gasteiger partial charge in [0, 0.05) is 11.4 Å². The largest absolute Gasteiger partial charge is 0.395 e. The standard InChI is InChI=1S/C11H12ClN3O2/c12-9-3-1-8(2-4-9)7-10-13-14-11(17)15(10)5-6-16/h1-4,16H,5-7H2,(H,14,17). The van der Waals surface area contributed by atoms with E-state index in [0.29, 0.717) is 17.3 Å². The Hall–Kier alpha value is -1.59. The van der Waals surface area contributed by atoms with Crippen molar-refractivity contribution in [1.82, 2.24) is 14.8 Å². The molecule has 0 aliphatic carbocycles. The zero-order chi connectivity index (χ0) is 12.3. The average molecular weight is 254 g/mol. The van der Waals surface area contributed by atoms with Crippen LogP contribution in [0.25, 0.3) is 0 Å². The Morgan fingerprint density at radius 2 is 2.06 bits per heavy atom. The van der Waals surface area contributed by atoms with Crippen molar-refractivity contribution in [3.63, 3.8) is 0 Å². The van der Waals surface area contributed by atoms with Gasteiger partial charge in [0.25, 0.3) is 0 Å². The van der Waals surface area contributed by atoms with E-state index in [0.717, 1.165) is 5.56 Å². The summed E-state index contributed by atoms with van der Waals surface area (Å²) in [4.78, 5) is 11.4. The molecule has 0 fully saturated rings. The molecule has 1 heterocycles. The van der Waals surface area contributed by atoms with E-state index in [-0.39, 0.29) is 18.8 Å². The molecule has 2 rings (SSSR count). The molecule has 1 aromatic heterocycles. The third kappa shape index (κ3) is 2.75. The third-order valence-corrected chi connectivity index (χ3v) is 2.69. The third-order valence-electron chi connectivity index (χ3n) is 2.44. The minimum absolute atomic E-state index is 0.0902. The second-order valence-electron chi connectivity index (χ2n) is 3.62. The van der Waals surface area contributed by atoms with E-state index < -0.39 is 0 Å². The van der Waals surface area contributed by atoms with Crippen LogP contribution in [0.3, 0.4) is 0 Å². The van der Waals surface area contributed by atoms with E-state index in [2.05, 4.69) is 10.2 Å². The fourth-order valence-corrected chi connectivity index (χ4v) is 1.73. The molecule has 0 spiro atoms. The molecule has 0 bridgehead atoms. The van der Waals surface area contributed by atoms with Crippen molar-refractivity contribution in [2.45, 2.75) is 13.0 Å². The lowest BCUT2D eigenvalue weighted by atomic mass is 10.1. The van der Waals surface area contributed by atoms with Crippen LogP contribution in [0.4, 0.5) is 0 Å². The smallest absolute Gasteiger partial charge is 0.343 e. The van der Waals surface area contributed by atoms with Crippen LogP contribution in [-0.2, 0) is 13.0 Å². The zero-order valence-corrected chi connectivity index (χ0v) is 9.81. The van der Waals surface area contributed by atoms with Gasteiger partial charge in [-0.05, 0) is 17.7 Å². The zero-order valence-electron chi connectivity index (χ0n) is 9.06. The van der Waals surface area contributed by atoms with Gasteiger partial charge in [-0.15, -0.1) is 0 Å². The molecule has 2 aromatic rings. The first-order chi connectivity index (χ1) is 8.20. The molecule has 0 amide bonds. The molecule has 0 atom stereocenters. The minimum Gasteiger partial charge on any atom is -0.395 e. The highest BCUT2D eigenvalue weighted by molar-refractivity contribution is 6.30. The molecule has 1 aromatic carbocycles. The van der Waals surface area contributed by atoms with Crippen molar-refractivity contribution >= 4 is 11.6 Å². The van der Waals surface area contributed by atoms with Crippen LogP contribution in [0.15, 0.2) is 29.1 Å². The number of aromatic nitrogens is 3. The summed E-state index contributed by atoms with van der Waals surface area (Å²) >= 11 is 5.79. The van der Waals surface area contributed by atoms with Crippen molar-refractivity contribution in [2.75, 3.05) is 6.61 Å². The predicted octanol–water partition coefficient (Wildman–Crippen LogP) is 0.808. The molecule has 0 aliphatic heterocycles. The van der Waals surface area contributed by atoms with Crippen molar-refractivity contribution < 1.29 is 5.11 Å². The summed E-state index contributed by atoms with van der Waals surface area (Å²) in [7, 11) is 0. The maximum Gasteiger partial charge on any atom is 0.343 e. The summed E-state index contributed by atoms with van der Waals surface area (Å²) in [6.07, 6.45) is 0.524. The second kappa shape index (κ2) is 5.16. The lowest BCUT2D eigenvalue weighted by Crippen LogP contribution is -2.20. The highest BCUT2D eigenvalue weighted by Gasteiger charge is 2.08. The lowest BCUT2D eigenvalue weighted by molar-refractivity contribution is 0.272. The van der Waals surface area contributed by atoms with Crippen LogP contribution in [0.1, 0.15) is 11.4 Å². The topological polar surface area (TPSA) is 70.9 Å². The van der Waals surface area contributed by atoms with Crippen LogP contribution in [0.2, 0.25) is 5.02 Å². The van der Waals surface area contributed by atoms with Crippen LogP contribution in [0, 0.1) is 0 Å². The average Bonchev–Trinajstić information content (AvgIpc) is 2.65. The summed E-state index contributed by atoms with van der Waals surface area (Å²) in [5.41, 5.74) is 0.704. The highest BCUT2D eigenvalue weighted by atomic mass is 35.5. The Bertz CT molecular complexity index is 545. The Kier molecular flexibility index (Phi) is 3.61. The molecule has 0 radical (unpaired) electrons. The predicted molar refractivity (Wildman–Crippen MR) is 64.2 cm³/mol. The van der Waals surface area contributed by atoms with E-state index in [4.69, 9.17) is 16.7 Å². The molecule has 0 aliphatic rings. The fourth-order valence-electron chi connectivity index (χ4n) is 1.60. The number of halogens is 1. The van der Waals surface area contributed by atoms with Crippen LogP contribution in [0.5, 0.6) is 0 Å². The van der Waals surface area contributed by atoms with E-state index in [1.807, 2.05) is 12.1 Å². The summed E-state index contributed by atoms with van der Waals surface area (Å²) in [5.74, 6) is 0.603. The maximum absolute atomic E-state index is 11.4. The van der Waals surface area contributed by atoms with Crippen LogP contribution in [-0.4, -0.2) is 26.5 Å². The van der Waals surface area contributed by atoms with Crippen molar-refractivity contribution in [3.8, 4) is 0 Å². The van der Waals surface area contributed by atoms with E-state index >= 15 is 0 Å². The van der Waals surface area contributed by atoms with Crippen LogP contribution < -0.4 is 5.69 Å². The Balaban J connectivity index is 2.23. The van der Waals surface area contributed by atoms with Gasteiger partial charge in [-0.3, -0.25) is 4.57 Å². The molecule has 2 N–H and O–H groups in total. The van der Waals surface area contributed by atoms with Gasteiger partial charge >= 0.3 is 5.69 Å². The summed E-state index contributed by atoms with van der Waals surface area (Å²) in [6, 6.07) is 7.34. The van der Waals surface area contributed by atoms with Gasteiger partial charge < -0.3 is 5.11 Å². The van der Waals surface area contributed by atoms with Gasteiger partial charge in [0.1, 0.15) is 5.82 Å². The van der Waals surface area contributed by atoms with Gasteiger partial charge in [0.2, 0.25) is 0 Å². The number of rotatable bonds is 4. The van der Waals surface area contributed by atoms with Crippen LogP contribution >= 0.6 is 11.6 Å². The molecular weight excluding hydrogens is 242 g/mol. The minimum atomic E-state index is -0.303. The monoisotopic (exact) mass is 253 g/mol. The number of hydrogen-bond acceptors (Lipinski definition) is 3. The highest BCUT2D eigenvalue weighted by Crippen LogP contribution is 2.11. The second-order valence-corrected chi connectivity index (χ2v) is 4.06. The van der Waals surface area contributed by atoms with Gasteiger partial charge in [-0.2, -0.15) is 5.10 Å².